The van der Waals surface area contributed by atoms with E-state index in [-0.39, 0.29) is 12.7 Å². The number of nitrogens with one attached hydrogen (secondary N) is 1. The minimum absolute atomic E-state index is 0.155. The lowest BCUT2D eigenvalue weighted by atomic mass is 10.2. The number of amides is 1. The fraction of sp³-hybridized carbons (Fsp3) is 0.211. The van der Waals surface area contributed by atoms with Gasteiger partial charge in [0, 0.05) is 23.1 Å². The van der Waals surface area contributed by atoms with Gasteiger partial charge in [0.15, 0.2) is 11.5 Å². The summed E-state index contributed by atoms with van der Waals surface area (Å²) in [6.07, 6.45) is 1.65. The number of carbonyl (C=O) groups is 1. The Kier molecular flexibility index (Phi) is 3.72. The van der Waals surface area contributed by atoms with Gasteiger partial charge in [0.2, 0.25) is 6.79 Å². The number of furan rings is 1. The molecule has 0 unspecified atom stereocenters. The van der Waals surface area contributed by atoms with E-state index in [0.717, 1.165) is 17.1 Å². The molecule has 0 saturated carbocycles. The van der Waals surface area contributed by atoms with Gasteiger partial charge in [0.05, 0.1) is 18.4 Å². The number of aromatic nitrogens is 1. The van der Waals surface area contributed by atoms with Crippen LogP contribution in [0.25, 0.3) is 0 Å². The Morgan fingerprint density at radius 1 is 1.16 bits per heavy atom. The largest absolute Gasteiger partial charge is 0.467 e. The molecule has 3 aromatic rings. The van der Waals surface area contributed by atoms with Crippen molar-refractivity contribution in [2.24, 2.45) is 0 Å². The van der Waals surface area contributed by atoms with Crippen LogP contribution < -0.4 is 14.8 Å². The summed E-state index contributed by atoms with van der Waals surface area (Å²) in [5, 5.41) is 2.92. The van der Waals surface area contributed by atoms with Crippen LogP contribution in [0, 0.1) is 13.8 Å². The number of benzene rings is 1. The summed E-state index contributed by atoms with van der Waals surface area (Å²) in [5.74, 6) is 2.03. The molecule has 128 valence electrons. The summed E-state index contributed by atoms with van der Waals surface area (Å²) < 4.78 is 18.1. The van der Waals surface area contributed by atoms with Gasteiger partial charge in [0.25, 0.3) is 5.91 Å². The van der Waals surface area contributed by atoms with E-state index >= 15 is 0 Å². The quantitative estimate of drug-likeness (QED) is 0.787. The molecule has 0 saturated heterocycles. The molecule has 0 fully saturated rings. The number of anilines is 1. The molecule has 1 aliphatic heterocycles. The van der Waals surface area contributed by atoms with Crippen LogP contribution in [0.4, 0.5) is 5.69 Å². The van der Waals surface area contributed by atoms with Crippen molar-refractivity contribution in [3.8, 4) is 11.5 Å². The molecule has 0 radical (unpaired) electrons. The second-order valence-corrected chi connectivity index (χ2v) is 5.97. The summed E-state index contributed by atoms with van der Waals surface area (Å²) in [6, 6.07) is 11.0. The van der Waals surface area contributed by atoms with Crippen LogP contribution in [0.3, 0.4) is 0 Å². The predicted octanol–water partition coefficient (Wildman–Crippen LogP) is 3.73. The van der Waals surface area contributed by atoms with Crippen molar-refractivity contribution in [3.63, 3.8) is 0 Å². The molecule has 4 rings (SSSR count). The fourth-order valence-corrected chi connectivity index (χ4v) is 3.01. The Hall–Kier alpha value is -3.15. The summed E-state index contributed by atoms with van der Waals surface area (Å²) in [7, 11) is 0. The van der Waals surface area contributed by atoms with Crippen molar-refractivity contribution < 1.29 is 18.7 Å². The van der Waals surface area contributed by atoms with Gasteiger partial charge in [-0.3, -0.25) is 4.79 Å². The SMILES string of the molecule is Cc1cc(C(=O)Nc2ccc3c(c2)OCO3)c(C)n1Cc1ccco1. The Bertz CT molecular complexity index is 925. The molecule has 6 heteroatoms. The highest BCUT2D eigenvalue weighted by atomic mass is 16.7. The highest BCUT2D eigenvalue weighted by molar-refractivity contribution is 6.05. The van der Waals surface area contributed by atoms with Crippen molar-refractivity contribution in [2.45, 2.75) is 20.4 Å². The van der Waals surface area contributed by atoms with Crippen LogP contribution >= 0.6 is 0 Å². The maximum absolute atomic E-state index is 12.7. The molecule has 3 heterocycles. The lowest BCUT2D eigenvalue weighted by molar-refractivity contribution is 0.102. The van der Waals surface area contributed by atoms with Gasteiger partial charge in [-0.2, -0.15) is 0 Å². The summed E-state index contributed by atoms with van der Waals surface area (Å²) >= 11 is 0. The monoisotopic (exact) mass is 338 g/mol. The van der Waals surface area contributed by atoms with E-state index in [4.69, 9.17) is 13.9 Å². The van der Waals surface area contributed by atoms with Gasteiger partial charge in [-0.1, -0.05) is 0 Å². The molecule has 0 atom stereocenters. The van der Waals surface area contributed by atoms with Gasteiger partial charge < -0.3 is 23.8 Å². The Labute approximate surface area is 145 Å². The van der Waals surface area contributed by atoms with Crippen LogP contribution in [0.2, 0.25) is 0 Å². The standard InChI is InChI=1S/C19H18N2O4/c1-12-8-16(13(2)21(12)10-15-4-3-7-23-15)19(22)20-14-5-6-17-18(9-14)25-11-24-17/h3-9H,10-11H2,1-2H3,(H,20,22). The van der Waals surface area contributed by atoms with E-state index in [1.54, 1.807) is 24.5 Å². The fourth-order valence-electron chi connectivity index (χ4n) is 3.01. The number of carbonyl (C=O) groups excluding carboxylic acids is 1. The van der Waals surface area contributed by atoms with Crippen molar-refractivity contribution in [3.05, 3.63) is 65.4 Å². The molecule has 25 heavy (non-hydrogen) atoms. The van der Waals surface area contributed by atoms with E-state index in [1.165, 1.54) is 0 Å². The zero-order valence-corrected chi connectivity index (χ0v) is 14.0. The molecular formula is C19H18N2O4. The van der Waals surface area contributed by atoms with Crippen molar-refractivity contribution in [1.29, 1.82) is 0 Å². The maximum atomic E-state index is 12.7. The molecule has 0 bridgehead atoms. The highest BCUT2D eigenvalue weighted by Gasteiger charge is 2.18. The Morgan fingerprint density at radius 2 is 2.00 bits per heavy atom. The number of hydrogen-bond donors (Lipinski definition) is 1. The molecule has 1 aromatic carbocycles. The second-order valence-electron chi connectivity index (χ2n) is 5.97. The third-order valence-electron chi connectivity index (χ3n) is 4.34. The molecule has 2 aromatic heterocycles. The Balaban J connectivity index is 1.56. The summed E-state index contributed by atoms with van der Waals surface area (Å²) in [5.41, 5.74) is 3.21. The first-order valence-electron chi connectivity index (χ1n) is 8.02. The smallest absolute Gasteiger partial charge is 0.257 e. The zero-order valence-electron chi connectivity index (χ0n) is 14.0. The number of ether oxygens (including phenoxy) is 2. The lowest BCUT2D eigenvalue weighted by Crippen LogP contribution is -2.13. The average Bonchev–Trinajstić information content (AvgIpc) is 3.31. The number of fused-ring (bicyclic) bond motifs is 1. The van der Waals surface area contributed by atoms with Crippen LogP contribution in [0.5, 0.6) is 11.5 Å². The minimum atomic E-state index is -0.155. The third-order valence-corrected chi connectivity index (χ3v) is 4.34. The van der Waals surface area contributed by atoms with E-state index in [1.807, 2.05) is 32.0 Å². The normalized spacial score (nSPS) is 12.4. The summed E-state index contributed by atoms with van der Waals surface area (Å²) in [4.78, 5) is 12.7. The van der Waals surface area contributed by atoms with E-state index in [0.29, 0.717) is 29.3 Å². The van der Waals surface area contributed by atoms with E-state index < -0.39 is 0 Å². The minimum Gasteiger partial charge on any atom is -0.467 e. The van der Waals surface area contributed by atoms with Crippen molar-refractivity contribution in [1.82, 2.24) is 4.57 Å². The average molecular weight is 338 g/mol. The van der Waals surface area contributed by atoms with Gasteiger partial charge in [-0.25, -0.2) is 0 Å². The van der Waals surface area contributed by atoms with Gasteiger partial charge in [0.1, 0.15) is 5.76 Å². The second kappa shape index (κ2) is 6.05. The van der Waals surface area contributed by atoms with E-state index in [2.05, 4.69) is 9.88 Å². The van der Waals surface area contributed by atoms with Crippen LogP contribution in [0.1, 0.15) is 27.5 Å². The van der Waals surface area contributed by atoms with E-state index in [9.17, 15) is 4.79 Å². The first kappa shape index (κ1) is 15.4. The number of rotatable bonds is 4. The van der Waals surface area contributed by atoms with Gasteiger partial charge >= 0.3 is 0 Å². The molecule has 1 N–H and O–H groups in total. The molecule has 0 spiro atoms. The molecule has 1 aliphatic rings. The predicted molar refractivity (Wildman–Crippen MR) is 92.2 cm³/mol. The molecule has 1 amide bonds. The number of hydrogen-bond acceptors (Lipinski definition) is 4. The van der Waals surface area contributed by atoms with Gasteiger partial charge in [-0.05, 0) is 44.2 Å². The third kappa shape index (κ3) is 2.87. The Morgan fingerprint density at radius 3 is 2.80 bits per heavy atom. The van der Waals surface area contributed by atoms with Crippen LogP contribution in [0.15, 0.2) is 47.1 Å². The van der Waals surface area contributed by atoms with Crippen LogP contribution in [-0.4, -0.2) is 17.3 Å². The zero-order chi connectivity index (χ0) is 17.4. The molecular weight excluding hydrogens is 320 g/mol. The van der Waals surface area contributed by atoms with Crippen LogP contribution in [-0.2, 0) is 6.54 Å². The van der Waals surface area contributed by atoms with Crippen molar-refractivity contribution >= 4 is 11.6 Å². The van der Waals surface area contributed by atoms with Crippen molar-refractivity contribution in [2.75, 3.05) is 12.1 Å². The number of aryl methyl sites for hydroxylation is 1. The topological polar surface area (TPSA) is 65.6 Å². The highest BCUT2D eigenvalue weighted by Crippen LogP contribution is 2.34. The number of nitrogens with zero attached hydrogens (tertiary/aromatic N) is 1. The first-order valence-corrected chi connectivity index (χ1v) is 8.02. The molecule has 0 aliphatic carbocycles. The van der Waals surface area contributed by atoms with Gasteiger partial charge in [-0.15, -0.1) is 0 Å². The maximum Gasteiger partial charge on any atom is 0.257 e. The lowest BCUT2D eigenvalue weighted by Gasteiger charge is -2.09. The molecule has 6 nitrogen and oxygen atoms in total. The summed E-state index contributed by atoms with van der Waals surface area (Å²) in [6.45, 7) is 4.72. The first-order chi connectivity index (χ1) is 12.1.